The van der Waals surface area contributed by atoms with E-state index in [0.29, 0.717) is 16.6 Å². The van der Waals surface area contributed by atoms with Crippen LogP contribution in [0.1, 0.15) is 11.1 Å². The summed E-state index contributed by atoms with van der Waals surface area (Å²) in [4.78, 5) is 7.08. The van der Waals surface area contributed by atoms with Crippen LogP contribution in [-0.4, -0.2) is 9.55 Å². The maximum atomic E-state index is 14.5. The fourth-order valence-corrected chi connectivity index (χ4v) is 3.34. The number of benzene rings is 3. The lowest BCUT2D eigenvalue weighted by molar-refractivity contribution is 0.546. The zero-order valence-electron chi connectivity index (χ0n) is 15.4. The lowest BCUT2D eigenvalue weighted by Gasteiger charge is -2.12. The number of hydrogen-bond donors (Lipinski definition) is 0. The summed E-state index contributed by atoms with van der Waals surface area (Å²) in [5.74, 6) is -3.44. The van der Waals surface area contributed by atoms with E-state index in [1.165, 1.54) is 16.7 Å². The number of para-hydroxylation sites is 1. The van der Waals surface area contributed by atoms with Crippen molar-refractivity contribution in [1.29, 1.82) is 0 Å². The molecular weight excluding hydrogens is 398 g/mol. The monoisotopic (exact) mass is 411 g/mol. The van der Waals surface area contributed by atoms with Gasteiger partial charge >= 0.3 is 0 Å². The molecule has 0 saturated carbocycles. The molecule has 0 aliphatic carbocycles. The highest BCUT2D eigenvalue weighted by atomic mass is 19.1. The molecule has 1 aromatic heterocycles. The van der Waals surface area contributed by atoms with E-state index >= 15 is 0 Å². The van der Waals surface area contributed by atoms with Gasteiger partial charge in [0.15, 0.2) is 0 Å². The highest BCUT2D eigenvalue weighted by Crippen LogP contribution is 2.32. The third-order valence-electron chi connectivity index (χ3n) is 4.73. The first-order chi connectivity index (χ1) is 14.5. The number of rotatable bonds is 5. The third kappa shape index (κ3) is 3.35. The van der Waals surface area contributed by atoms with E-state index in [-0.39, 0.29) is 24.5 Å². The SMILES string of the molecule is [N-]=[N+]=NCc1cccc2c1nc(-c1c(F)cccc1F)n2Cc1c(F)cccc1F. The van der Waals surface area contributed by atoms with Crippen molar-refractivity contribution < 1.29 is 17.6 Å². The van der Waals surface area contributed by atoms with E-state index in [4.69, 9.17) is 5.53 Å². The highest BCUT2D eigenvalue weighted by Gasteiger charge is 2.22. The average Bonchev–Trinajstić information content (AvgIpc) is 3.08. The Morgan fingerprint density at radius 1 is 0.867 bits per heavy atom. The van der Waals surface area contributed by atoms with Crippen molar-refractivity contribution in [3.63, 3.8) is 0 Å². The Labute approximate surface area is 167 Å². The van der Waals surface area contributed by atoms with Gasteiger partial charge in [0.1, 0.15) is 29.1 Å². The predicted molar refractivity (Wildman–Crippen MR) is 103 cm³/mol. The van der Waals surface area contributed by atoms with E-state index in [1.54, 1.807) is 18.2 Å². The van der Waals surface area contributed by atoms with Crippen LogP contribution in [0.2, 0.25) is 0 Å². The van der Waals surface area contributed by atoms with Gasteiger partial charge < -0.3 is 4.57 Å². The van der Waals surface area contributed by atoms with Crippen molar-refractivity contribution in [1.82, 2.24) is 9.55 Å². The van der Waals surface area contributed by atoms with Gasteiger partial charge in [-0.3, -0.25) is 0 Å². The quantitative estimate of drug-likeness (QED) is 0.169. The summed E-state index contributed by atoms with van der Waals surface area (Å²) in [5, 5.41) is 3.51. The summed E-state index contributed by atoms with van der Waals surface area (Å²) in [6.07, 6.45) is 0. The molecule has 0 bridgehead atoms. The van der Waals surface area contributed by atoms with Gasteiger partial charge in [0.05, 0.1) is 29.7 Å². The molecule has 0 aliphatic rings. The van der Waals surface area contributed by atoms with E-state index < -0.39 is 28.8 Å². The minimum absolute atomic E-state index is 0.0435. The van der Waals surface area contributed by atoms with E-state index in [9.17, 15) is 17.6 Å². The number of halogens is 4. The number of azide groups is 1. The molecule has 0 atom stereocenters. The zero-order chi connectivity index (χ0) is 21.3. The lowest BCUT2D eigenvalue weighted by Crippen LogP contribution is -2.08. The van der Waals surface area contributed by atoms with Gasteiger partial charge in [-0.25, -0.2) is 22.5 Å². The molecule has 0 radical (unpaired) electrons. The molecule has 0 aliphatic heterocycles. The second-order valence-electron chi connectivity index (χ2n) is 6.49. The minimum atomic E-state index is -0.864. The molecule has 0 unspecified atom stereocenters. The predicted octanol–water partition coefficient (Wildman–Crippen LogP) is 6.12. The first-order valence-corrected chi connectivity index (χ1v) is 8.87. The lowest BCUT2D eigenvalue weighted by atomic mass is 10.1. The number of hydrogen-bond acceptors (Lipinski definition) is 2. The topological polar surface area (TPSA) is 66.6 Å². The standard InChI is InChI=1S/C21H13F4N5/c22-14-5-2-6-15(23)13(14)11-30-18-9-1-4-12(10-27-29-26)20(18)28-21(30)19-16(24)7-3-8-17(19)25/h1-9H,10-11H2. The number of nitrogens with zero attached hydrogens (tertiary/aromatic N) is 5. The summed E-state index contributed by atoms with van der Waals surface area (Å²) in [7, 11) is 0. The van der Waals surface area contributed by atoms with Crippen LogP contribution in [0.15, 0.2) is 59.7 Å². The van der Waals surface area contributed by atoms with Crippen molar-refractivity contribution in [2.75, 3.05) is 0 Å². The van der Waals surface area contributed by atoms with Gasteiger partial charge in [-0.15, -0.1) is 0 Å². The summed E-state index contributed by atoms with van der Waals surface area (Å²) >= 11 is 0. The summed E-state index contributed by atoms with van der Waals surface area (Å²) in [5.41, 5.74) is 9.15. The fraction of sp³-hybridized carbons (Fsp3) is 0.0952. The Bertz CT molecular complexity index is 1270. The second-order valence-corrected chi connectivity index (χ2v) is 6.49. The van der Waals surface area contributed by atoms with Gasteiger partial charge in [0.2, 0.25) is 0 Å². The van der Waals surface area contributed by atoms with Crippen LogP contribution in [0.25, 0.3) is 32.9 Å². The molecule has 5 nitrogen and oxygen atoms in total. The van der Waals surface area contributed by atoms with Crippen molar-refractivity contribution in [3.8, 4) is 11.4 Å². The molecule has 0 amide bonds. The molecule has 4 rings (SSSR count). The van der Waals surface area contributed by atoms with Crippen molar-refractivity contribution in [2.24, 2.45) is 5.11 Å². The maximum Gasteiger partial charge on any atom is 0.147 e. The number of imidazole rings is 1. The molecule has 1 heterocycles. The van der Waals surface area contributed by atoms with Crippen molar-refractivity contribution >= 4 is 11.0 Å². The summed E-state index contributed by atoms with van der Waals surface area (Å²) in [6, 6.07) is 11.7. The van der Waals surface area contributed by atoms with Crippen LogP contribution in [0.3, 0.4) is 0 Å². The summed E-state index contributed by atoms with van der Waals surface area (Å²) in [6.45, 7) is -0.388. The van der Waals surface area contributed by atoms with E-state index in [2.05, 4.69) is 15.0 Å². The minimum Gasteiger partial charge on any atom is -0.319 e. The first kappa shape index (κ1) is 19.5. The van der Waals surface area contributed by atoms with Gasteiger partial charge in [0, 0.05) is 10.5 Å². The summed E-state index contributed by atoms with van der Waals surface area (Å²) < 4.78 is 59.0. The second kappa shape index (κ2) is 7.88. The normalized spacial score (nSPS) is 10.9. The third-order valence-corrected chi connectivity index (χ3v) is 4.73. The molecule has 9 heteroatoms. The fourth-order valence-electron chi connectivity index (χ4n) is 3.34. The Kier molecular flexibility index (Phi) is 5.12. The molecule has 4 aromatic rings. The highest BCUT2D eigenvalue weighted by molar-refractivity contribution is 5.84. The van der Waals surface area contributed by atoms with Gasteiger partial charge in [-0.2, -0.15) is 0 Å². The van der Waals surface area contributed by atoms with Crippen molar-refractivity contribution in [3.05, 3.63) is 99.4 Å². The van der Waals surface area contributed by atoms with Crippen LogP contribution >= 0.6 is 0 Å². The van der Waals surface area contributed by atoms with Crippen LogP contribution in [0.5, 0.6) is 0 Å². The zero-order valence-corrected chi connectivity index (χ0v) is 15.4. The van der Waals surface area contributed by atoms with Crippen LogP contribution in [0.4, 0.5) is 17.6 Å². The molecule has 30 heavy (non-hydrogen) atoms. The molecule has 0 N–H and O–H groups in total. The Morgan fingerprint density at radius 2 is 1.47 bits per heavy atom. The molecule has 0 saturated heterocycles. The van der Waals surface area contributed by atoms with Crippen LogP contribution in [-0.2, 0) is 13.1 Å². The Hall–Kier alpha value is -3.84. The van der Waals surface area contributed by atoms with E-state index in [0.717, 1.165) is 24.3 Å². The van der Waals surface area contributed by atoms with Crippen molar-refractivity contribution in [2.45, 2.75) is 13.1 Å². The molecule has 3 aromatic carbocycles. The molecule has 150 valence electrons. The maximum absolute atomic E-state index is 14.5. The van der Waals surface area contributed by atoms with E-state index in [1.807, 2.05) is 0 Å². The van der Waals surface area contributed by atoms with Crippen LogP contribution in [0, 0.1) is 23.3 Å². The molecule has 0 fully saturated rings. The Balaban J connectivity index is 2.02. The number of aromatic nitrogens is 2. The van der Waals surface area contributed by atoms with Gasteiger partial charge in [-0.05, 0) is 41.4 Å². The van der Waals surface area contributed by atoms with Gasteiger partial charge in [0.25, 0.3) is 0 Å². The molecule has 0 spiro atoms. The average molecular weight is 411 g/mol. The van der Waals surface area contributed by atoms with Crippen LogP contribution < -0.4 is 0 Å². The largest absolute Gasteiger partial charge is 0.319 e. The van der Waals surface area contributed by atoms with Gasteiger partial charge in [-0.1, -0.05) is 29.4 Å². The number of fused-ring (bicyclic) bond motifs is 1. The molecular formula is C21H13F4N5. The Morgan fingerprint density at radius 3 is 2.10 bits per heavy atom. The first-order valence-electron chi connectivity index (χ1n) is 8.87. The smallest absolute Gasteiger partial charge is 0.147 e.